The molecule has 0 aromatic heterocycles. The van der Waals surface area contributed by atoms with E-state index in [1.165, 1.54) is 7.11 Å². The monoisotopic (exact) mass is 359 g/mol. The number of hydrogen-bond acceptors (Lipinski definition) is 5. The van der Waals surface area contributed by atoms with E-state index < -0.39 is 24.4 Å². The van der Waals surface area contributed by atoms with E-state index in [0.717, 1.165) is 11.9 Å². The summed E-state index contributed by atoms with van der Waals surface area (Å²) < 4.78 is 16.9. The first kappa shape index (κ1) is 18.9. The first-order chi connectivity index (χ1) is 12.2. The quantitative estimate of drug-likeness (QED) is 0.608. The molecule has 2 aliphatic rings. The van der Waals surface area contributed by atoms with E-state index in [-0.39, 0.29) is 11.9 Å². The minimum Gasteiger partial charge on any atom is -0.467 e. The zero-order valence-corrected chi connectivity index (χ0v) is 16.1. The number of amides is 1. The molecule has 1 aromatic carbocycles. The number of ether oxygens (including phenoxy) is 1. The number of benzene rings is 1. The minimum atomic E-state index is -0.490. The van der Waals surface area contributed by atoms with Gasteiger partial charge < -0.3 is 18.9 Å². The summed E-state index contributed by atoms with van der Waals surface area (Å²) in [6.07, 6.45) is 1.45. The van der Waals surface area contributed by atoms with Crippen molar-refractivity contribution in [3.8, 4) is 0 Å². The molecule has 0 unspecified atom stereocenters. The number of nitrogens with zero attached hydrogens (tertiary/aromatic N) is 1. The third kappa shape index (κ3) is 3.26. The molecule has 1 amide bonds. The Labute approximate surface area is 154 Å². The number of methoxy groups -OCH3 is 1. The first-order valence-electron chi connectivity index (χ1n) is 9.01. The Balaban J connectivity index is 1.74. The fourth-order valence-electron chi connectivity index (χ4n) is 3.32. The molecule has 2 aliphatic heterocycles. The van der Waals surface area contributed by atoms with E-state index in [0.29, 0.717) is 18.5 Å². The molecule has 0 N–H and O–H groups in total. The number of hydrogen-bond donors (Lipinski definition) is 0. The Bertz CT molecular complexity index is 684. The van der Waals surface area contributed by atoms with Crippen molar-refractivity contribution in [2.45, 2.75) is 57.8 Å². The molecule has 2 fully saturated rings. The maximum absolute atomic E-state index is 12.8. The van der Waals surface area contributed by atoms with Crippen LogP contribution in [-0.2, 0) is 18.8 Å². The van der Waals surface area contributed by atoms with Crippen LogP contribution in [0.15, 0.2) is 24.3 Å². The molecule has 140 valence electrons. The van der Waals surface area contributed by atoms with Gasteiger partial charge in [-0.15, -0.1) is 0 Å². The second kappa shape index (κ2) is 6.70. The van der Waals surface area contributed by atoms with Crippen LogP contribution in [0.1, 0.15) is 50.9 Å². The van der Waals surface area contributed by atoms with Gasteiger partial charge >= 0.3 is 13.1 Å². The molecule has 7 heteroatoms. The van der Waals surface area contributed by atoms with Gasteiger partial charge in [-0.3, -0.25) is 4.79 Å². The van der Waals surface area contributed by atoms with Crippen LogP contribution in [0, 0.1) is 0 Å². The van der Waals surface area contributed by atoms with E-state index in [2.05, 4.69) is 0 Å². The maximum atomic E-state index is 12.8. The van der Waals surface area contributed by atoms with Crippen molar-refractivity contribution in [3.05, 3.63) is 29.8 Å². The SMILES string of the molecule is COC(=O)[C@H]1CCCN1C(=O)c1ccc(B2OC(C)(C)C(C)(C)O2)cc1. The fraction of sp³-hybridized carbons (Fsp3) is 0.579. The largest absolute Gasteiger partial charge is 0.494 e. The Kier molecular flexibility index (Phi) is 4.88. The van der Waals surface area contributed by atoms with Gasteiger partial charge in [-0.2, -0.15) is 0 Å². The summed E-state index contributed by atoms with van der Waals surface area (Å²) in [5.41, 5.74) is 0.595. The van der Waals surface area contributed by atoms with Crippen LogP contribution in [-0.4, -0.2) is 54.8 Å². The molecular weight excluding hydrogens is 333 g/mol. The van der Waals surface area contributed by atoms with Gasteiger partial charge in [0.15, 0.2) is 0 Å². The van der Waals surface area contributed by atoms with Crippen molar-refractivity contribution in [1.29, 1.82) is 0 Å². The Morgan fingerprint density at radius 1 is 1.12 bits per heavy atom. The molecule has 6 nitrogen and oxygen atoms in total. The lowest BCUT2D eigenvalue weighted by atomic mass is 9.79. The highest BCUT2D eigenvalue weighted by atomic mass is 16.7. The molecule has 0 saturated carbocycles. The second-order valence-corrected chi connectivity index (χ2v) is 7.89. The van der Waals surface area contributed by atoms with Crippen molar-refractivity contribution in [3.63, 3.8) is 0 Å². The van der Waals surface area contributed by atoms with Gasteiger partial charge in [0.2, 0.25) is 0 Å². The third-order valence-corrected chi connectivity index (χ3v) is 5.67. The number of esters is 1. The zero-order valence-electron chi connectivity index (χ0n) is 16.1. The molecule has 0 aliphatic carbocycles. The van der Waals surface area contributed by atoms with Crippen LogP contribution in [0.5, 0.6) is 0 Å². The maximum Gasteiger partial charge on any atom is 0.494 e. The summed E-state index contributed by atoms with van der Waals surface area (Å²) >= 11 is 0. The molecule has 2 saturated heterocycles. The van der Waals surface area contributed by atoms with Crippen LogP contribution in [0.25, 0.3) is 0 Å². The summed E-state index contributed by atoms with van der Waals surface area (Å²) in [6, 6.07) is 6.72. The van der Waals surface area contributed by atoms with Gasteiger partial charge in [-0.25, -0.2) is 4.79 Å². The van der Waals surface area contributed by atoms with E-state index >= 15 is 0 Å². The average molecular weight is 359 g/mol. The lowest BCUT2D eigenvalue weighted by molar-refractivity contribution is -0.145. The third-order valence-electron chi connectivity index (χ3n) is 5.67. The van der Waals surface area contributed by atoms with Crippen LogP contribution >= 0.6 is 0 Å². The molecule has 0 radical (unpaired) electrons. The highest BCUT2D eigenvalue weighted by molar-refractivity contribution is 6.62. The summed E-state index contributed by atoms with van der Waals surface area (Å²) in [5.74, 6) is -0.511. The highest BCUT2D eigenvalue weighted by Gasteiger charge is 2.51. The summed E-state index contributed by atoms with van der Waals surface area (Å²) in [7, 11) is 0.890. The van der Waals surface area contributed by atoms with Gasteiger partial charge in [0.05, 0.1) is 18.3 Å². The first-order valence-corrected chi connectivity index (χ1v) is 9.01. The van der Waals surface area contributed by atoms with Crippen molar-refractivity contribution in [2.75, 3.05) is 13.7 Å². The number of carbonyl (C=O) groups excluding carboxylic acids is 2. The van der Waals surface area contributed by atoms with Gasteiger partial charge in [0.25, 0.3) is 5.91 Å². The highest BCUT2D eigenvalue weighted by Crippen LogP contribution is 2.36. The topological polar surface area (TPSA) is 65.1 Å². The van der Waals surface area contributed by atoms with Crippen molar-refractivity contribution in [1.82, 2.24) is 4.90 Å². The summed E-state index contributed by atoms with van der Waals surface area (Å²) in [5, 5.41) is 0. The number of carbonyl (C=O) groups is 2. The lowest BCUT2D eigenvalue weighted by Gasteiger charge is -2.32. The lowest BCUT2D eigenvalue weighted by Crippen LogP contribution is -2.41. The van der Waals surface area contributed by atoms with Crippen molar-refractivity contribution in [2.24, 2.45) is 0 Å². The zero-order chi connectivity index (χ0) is 19.1. The van der Waals surface area contributed by atoms with Gasteiger partial charge in [-0.1, -0.05) is 12.1 Å². The van der Waals surface area contributed by atoms with Crippen molar-refractivity contribution < 1.29 is 23.6 Å². The molecule has 3 rings (SSSR count). The van der Waals surface area contributed by atoms with Crippen LogP contribution in [0.3, 0.4) is 0 Å². The standard InChI is InChI=1S/C19H26BNO5/c1-18(2)19(3,4)26-20(25-18)14-10-8-13(9-11-14)16(22)21-12-6-7-15(21)17(23)24-5/h8-11,15H,6-7,12H2,1-5H3/t15-/m1/s1. The van der Waals surface area contributed by atoms with E-state index in [9.17, 15) is 9.59 Å². The van der Waals surface area contributed by atoms with Crippen LogP contribution < -0.4 is 5.46 Å². The second-order valence-electron chi connectivity index (χ2n) is 7.89. The molecule has 1 aromatic rings. The molecule has 26 heavy (non-hydrogen) atoms. The predicted molar refractivity (Wildman–Crippen MR) is 98.2 cm³/mol. The molecule has 2 heterocycles. The summed E-state index contributed by atoms with van der Waals surface area (Å²) in [4.78, 5) is 26.2. The fourth-order valence-corrected chi connectivity index (χ4v) is 3.32. The predicted octanol–water partition coefficient (Wildman–Crippen LogP) is 1.76. The molecular formula is C19H26BNO5. The molecule has 0 spiro atoms. The Hall–Kier alpha value is -1.86. The summed E-state index contributed by atoms with van der Waals surface area (Å²) in [6.45, 7) is 8.59. The van der Waals surface area contributed by atoms with E-state index in [4.69, 9.17) is 14.0 Å². The van der Waals surface area contributed by atoms with Gasteiger partial charge in [0, 0.05) is 12.1 Å². The van der Waals surface area contributed by atoms with Gasteiger partial charge in [0.1, 0.15) is 6.04 Å². The minimum absolute atomic E-state index is 0.154. The average Bonchev–Trinajstić information content (AvgIpc) is 3.16. The Morgan fingerprint density at radius 2 is 1.69 bits per heavy atom. The number of rotatable bonds is 3. The number of likely N-dealkylation sites (tertiary alicyclic amines) is 1. The van der Waals surface area contributed by atoms with E-state index in [1.54, 1.807) is 17.0 Å². The van der Waals surface area contributed by atoms with E-state index in [1.807, 2.05) is 39.8 Å². The van der Waals surface area contributed by atoms with Gasteiger partial charge in [-0.05, 0) is 58.1 Å². The van der Waals surface area contributed by atoms with Crippen molar-refractivity contribution >= 4 is 24.5 Å². The Morgan fingerprint density at radius 3 is 2.23 bits per heavy atom. The molecule has 1 atom stereocenters. The van der Waals surface area contributed by atoms with Crippen LogP contribution in [0.4, 0.5) is 0 Å². The normalized spacial score (nSPS) is 24.0. The van der Waals surface area contributed by atoms with Crippen LogP contribution in [0.2, 0.25) is 0 Å². The smallest absolute Gasteiger partial charge is 0.467 e. The molecule has 0 bridgehead atoms.